The van der Waals surface area contributed by atoms with Gasteiger partial charge >= 0.3 is 11.7 Å². The van der Waals surface area contributed by atoms with Crippen LogP contribution in [0.5, 0.6) is 5.75 Å². The summed E-state index contributed by atoms with van der Waals surface area (Å²) in [6.45, 7) is 1.32. The lowest BCUT2D eigenvalue weighted by atomic mass is 10.1. The van der Waals surface area contributed by atoms with Crippen LogP contribution in [0.3, 0.4) is 0 Å². The quantitative estimate of drug-likeness (QED) is 0.674. The first kappa shape index (κ1) is 12.8. The fourth-order valence-corrected chi connectivity index (χ4v) is 1.76. The van der Waals surface area contributed by atoms with Gasteiger partial charge in [0.15, 0.2) is 11.9 Å². The third-order valence-electron chi connectivity index (χ3n) is 2.70. The Balaban J connectivity index is 2.58. The van der Waals surface area contributed by atoms with Gasteiger partial charge < -0.3 is 9.84 Å². The number of benzene rings is 2. The monoisotopic (exact) mass is 261 g/mol. The molecule has 0 aromatic heterocycles. The highest BCUT2D eigenvalue weighted by molar-refractivity contribution is 5.93. The standard InChI is InChI=1S/C13H11NO5/c1-8(13(15)16)19-11-7-6-9-4-2-3-5-10(9)12(11)14(17)18/h2-8H,1H3,(H,15,16). The molecule has 0 bridgehead atoms. The van der Waals surface area contributed by atoms with Gasteiger partial charge in [0, 0.05) is 0 Å². The second-order valence-electron chi connectivity index (χ2n) is 3.99. The summed E-state index contributed by atoms with van der Waals surface area (Å²) in [5, 5.41) is 21.1. The third-order valence-corrected chi connectivity index (χ3v) is 2.70. The number of rotatable bonds is 4. The first-order valence-corrected chi connectivity index (χ1v) is 5.56. The molecule has 1 N–H and O–H groups in total. The number of hydrogen-bond donors (Lipinski definition) is 1. The van der Waals surface area contributed by atoms with Crippen molar-refractivity contribution in [3.63, 3.8) is 0 Å². The average Bonchev–Trinajstić information content (AvgIpc) is 2.37. The topological polar surface area (TPSA) is 89.7 Å². The molecule has 0 aliphatic rings. The Morgan fingerprint density at radius 3 is 2.63 bits per heavy atom. The molecule has 0 radical (unpaired) electrons. The van der Waals surface area contributed by atoms with Crippen LogP contribution in [0.25, 0.3) is 10.8 Å². The lowest BCUT2D eigenvalue weighted by molar-refractivity contribution is -0.384. The number of aliphatic carboxylic acids is 1. The minimum absolute atomic E-state index is 0.0430. The van der Waals surface area contributed by atoms with Crippen molar-refractivity contribution in [2.24, 2.45) is 0 Å². The lowest BCUT2D eigenvalue weighted by Crippen LogP contribution is -2.23. The lowest BCUT2D eigenvalue weighted by Gasteiger charge is -2.11. The molecule has 6 nitrogen and oxygen atoms in total. The van der Waals surface area contributed by atoms with E-state index in [1.165, 1.54) is 13.0 Å². The van der Waals surface area contributed by atoms with Crippen LogP contribution in [0.1, 0.15) is 6.92 Å². The Labute approximate surface area is 108 Å². The van der Waals surface area contributed by atoms with E-state index in [-0.39, 0.29) is 11.4 Å². The average molecular weight is 261 g/mol. The second-order valence-corrected chi connectivity index (χ2v) is 3.99. The molecule has 0 fully saturated rings. The first-order valence-electron chi connectivity index (χ1n) is 5.56. The third kappa shape index (κ3) is 2.47. The number of fused-ring (bicyclic) bond motifs is 1. The maximum absolute atomic E-state index is 11.2. The van der Waals surface area contributed by atoms with E-state index in [0.717, 1.165) is 0 Å². The highest BCUT2D eigenvalue weighted by Gasteiger charge is 2.23. The molecule has 0 saturated heterocycles. The van der Waals surface area contributed by atoms with Crippen LogP contribution >= 0.6 is 0 Å². The molecule has 0 aliphatic heterocycles. The summed E-state index contributed by atoms with van der Waals surface area (Å²) in [6, 6.07) is 9.87. The van der Waals surface area contributed by atoms with Crippen LogP contribution in [0, 0.1) is 10.1 Å². The van der Waals surface area contributed by atoms with E-state index in [1.807, 2.05) is 0 Å². The zero-order valence-electron chi connectivity index (χ0n) is 10.1. The van der Waals surface area contributed by atoms with Gasteiger partial charge in [0.1, 0.15) is 0 Å². The molecule has 0 heterocycles. The SMILES string of the molecule is CC(Oc1ccc2ccccc2c1[N+](=O)[O-])C(=O)O. The van der Waals surface area contributed by atoms with Gasteiger partial charge in [0.2, 0.25) is 0 Å². The van der Waals surface area contributed by atoms with Gasteiger partial charge in [0.05, 0.1) is 10.3 Å². The van der Waals surface area contributed by atoms with E-state index in [2.05, 4.69) is 0 Å². The summed E-state index contributed by atoms with van der Waals surface area (Å²) >= 11 is 0. The zero-order valence-corrected chi connectivity index (χ0v) is 10.1. The molecule has 2 aromatic rings. The number of nitrogens with zero attached hydrogens (tertiary/aromatic N) is 1. The summed E-state index contributed by atoms with van der Waals surface area (Å²) in [6.07, 6.45) is -1.15. The van der Waals surface area contributed by atoms with E-state index in [9.17, 15) is 14.9 Å². The van der Waals surface area contributed by atoms with Crippen molar-refractivity contribution in [2.75, 3.05) is 0 Å². The molecule has 19 heavy (non-hydrogen) atoms. The minimum atomic E-state index is -1.18. The summed E-state index contributed by atoms with van der Waals surface area (Å²) in [7, 11) is 0. The van der Waals surface area contributed by atoms with E-state index in [0.29, 0.717) is 10.8 Å². The van der Waals surface area contributed by atoms with Crippen molar-refractivity contribution in [1.29, 1.82) is 0 Å². The van der Waals surface area contributed by atoms with Crippen LogP contribution in [0.4, 0.5) is 5.69 Å². The molecule has 0 amide bonds. The Morgan fingerprint density at radius 2 is 2.00 bits per heavy atom. The number of hydrogen-bond acceptors (Lipinski definition) is 4. The molecule has 0 saturated carbocycles. The molecule has 98 valence electrons. The first-order chi connectivity index (χ1) is 9.00. The van der Waals surface area contributed by atoms with Crippen molar-refractivity contribution in [3.8, 4) is 5.75 Å². The number of nitro groups is 1. The Kier molecular flexibility index (Phi) is 3.33. The van der Waals surface area contributed by atoms with Gasteiger partial charge in [-0.1, -0.05) is 24.3 Å². The van der Waals surface area contributed by atoms with Crippen LogP contribution < -0.4 is 4.74 Å². The largest absolute Gasteiger partial charge is 0.479 e. The molecule has 0 aliphatic carbocycles. The number of carbonyl (C=O) groups is 1. The summed E-state index contributed by atoms with van der Waals surface area (Å²) in [5.74, 6) is -1.22. The van der Waals surface area contributed by atoms with Crippen molar-refractivity contribution in [1.82, 2.24) is 0 Å². The summed E-state index contributed by atoms with van der Waals surface area (Å²) in [5.41, 5.74) is -0.216. The predicted molar refractivity (Wildman–Crippen MR) is 68.3 cm³/mol. The van der Waals surface area contributed by atoms with Gasteiger partial charge in [-0.25, -0.2) is 4.79 Å². The minimum Gasteiger partial charge on any atom is -0.479 e. The highest BCUT2D eigenvalue weighted by Crippen LogP contribution is 2.35. The predicted octanol–water partition coefficient (Wildman–Crippen LogP) is 2.60. The smallest absolute Gasteiger partial charge is 0.344 e. The van der Waals surface area contributed by atoms with Crippen LogP contribution in [-0.4, -0.2) is 22.1 Å². The fraction of sp³-hybridized carbons (Fsp3) is 0.154. The number of carboxylic acid groups (broad SMARTS) is 1. The summed E-state index contributed by atoms with van der Waals surface area (Å²) in [4.78, 5) is 21.4. The van der Waals surface area contributed by atoms with Gasteiger partial charge in [0.25, 0.3) is 0 Å². The van der Waals surface area contributed by atoms with E-state index in [4.69, 9.17) is 9.84 Å². The Morgan fingerprint density at radius 1 is 1.32 bits per heavy atom. The molecule has 2 aromatic carbocycles. The molecule has 1 atom stereocenters. The van der Waals surface area contributed by atoms with E-state index < -0.39 is 17.0 Å². The summed E-state index contributed by atoms with van der Waals surface area (Å²) < 4.78 is 5.14. The van der Waals surface area contributed by atoms with Gasteiger partial charge in [-0.15, -0.1) is 0 Å². The zero-order chi connectivity index (χ0) is 14.0. The molecular formula is C13H11NO5. The van der Waals surface area contributed by atoms with E-state index >= 15 is 0 Å². The molecule has 2 rings (SSSR count). The van der Waals surface area contributed by atoms with Crippen molar-refractivity contribution in [2.45, 2.75) is 13.0 Å². The van der Waals surface area contributed by atoms with Crippen LogP contribution in [0.2, 0.25) is 0 Å². The molecule has 1 unspecified atom stereocenters. The van der Waals surface area contributed by atoms with E-state index in [1.54, 1.807) is 30.3 Å². The van der Waals surface area contributed by atoms with Gasteiger partial charge in [-0.2, -0.15) is 0 Å². The molecular weight excluding hydrogens is 250 g/mol. The van der Waals surface area contributed by atoms with Gasteiger partial charge in [-0.05, 0) is 24.4 Å². The van der Waals surface area contributed by atoms with Crippen molar-refractivity contribution in [3.05, 3.63) is 46.5 Å². The number of nitro benzene ring substituents is 1. The van der Waals surface area contributed by atoms with Crippen LogP contribution in [0.15, 0.2) is 36.4 Å². The van der Waals surface area contributed by atoms with Gasteiger partial charge in [-0.3, -0.25) is 10.1 Å². The Hall–Kier alpha value is -2.63. The highest BCUT2D eigenvalue weighted by atomic mass is 16.6. The molecule has 0 spiro atoms. The number of carboxylic acids is 1. The second kappa shape index (κ2) is 4.93. The maximum Gasteiger partial charge on any atom is 0.344 e. The molecule has 6 heteroatoms. The Bertz CT molecular complexity index is 653. The fourth-order valence-electron chi connectivity index (χ4n) is 1.76. The van der Waals surface area contributed by atoms with Crippen LogP contribution in [-0.2, 0) is 4.79 Å². The van der Waals surface area contributed by atoms with Crippen molar-refractivity contribution >= 4 is 22.4 Å². The van der Waals surface area contributed by atoms with Crippen molar-refractivity contribution < 1.29 is 19.6 Å². The normalized spacial score (nSPS) is 12.1. The maximum atomic E-state index is 11.2. The number of ether oxygens (including phenoxy) is 1.